The predicted molar refractivity (Wildman–Crippen MR) is 141 cm³/mol. The lowest BCUT2D eigenvalue weighted by molar-refractivity contribution is -0.125. The molecule has 36 heavy (non-hydrogen) atoms. The Morgan fingerprint density at radius 1 is 1.22 bits per heavy atom. The first-order chi connectivity index (χ1) is 17.6. The first kappa shape index (κ1) is 27.2. The molecule has 0 radical (unpaired) electrons. The van der Waals surface area contributed by atoms with E-state index in [9.17, 15) is 4.79 Å². The molecule has 2 fully saturated rings. The number of nitrogens with zero attached hydrogens (tertiary/aromatic N) is 1. The maximum atomic E-state index is 12.6. The van der Waals surface area contributed by atoms with Gasteiger partial charge in [-0.15, -0.1) is 0 Å². The van der Waals surface area contributed by atoms with Crippen LogP contribution >= 0.6 is 0 Å². The van der Waals surface area contributed by atoms with Gasteiger partial charge in [0.25, 0.3) is 0 Å². The number of hydrogen-bond acceptors (Lipinski definition) is 7. The van der Waals surface area contributed by atoms with E-state index in [1.54, 1.807) is 7.11 Å². The van der Waals surface area contributed by atoms with Crippen molar-refractivity contribution in [3.8, 4) is 5.75 Å². The van der Waals surface area contributed by atoms with E-state index in [-0.39, 0.29) is 17.9 Å². The Hall–Kier alpha value is -1.87. The number of ether oxygens (including phenoxy) is 4. The quantitative estimate of drug-likeness (QED) is 0.424. The van der Waals surface area contributed by atoms with E-state index in [0.717, 1.165) is 103 Å². The Balaban J connectivity index is 1.16. The van der Waals surface area contributed by atoms with Gasteiger partial charge in [-0.05, 0) is 62.1 Å². The van der Waals surface area contributed by atoms with Crippen LogP contribution in [0.5, 0.6) is 5.75 Å². The van der Waals surface area contributed by atoms with Crippen molar-refractivity contribution in [3.05, 3.63) is 23.8 Å². The molecule has 3 aliphatic rings. The van der Waals surface area contributed by atoms with E-state index >= 15 is 0 Å². The highest BCUT2D eigenvalue weighted by Crippen LogP contribution is 2.33. The van der Waals surface area contributed by atoms with Crippen molar-refractivity contribution in [1.82, 2.24) is 10.6 Å². The monoisotopic (exact) mass is 503 g/mol. The molecule has 4 rings (SSSR count). The minimum absolute atomic E-state index is 0.0179. The summed E-state index contributed by atoms with van der Waals surface area (Å²) < 4.78 is 22.8. The molecule has 0 aliphatic carbocycles. The van der Waals surface area contributed by atoms with Crippen LogP contribution in [-0.2, 0) is 25.6 Å². The van der Waals surface area contributed by atoms with Crippen molar-refractivity contribution >= 4 is 11.6 Å². The van der Waals surface area contributed by atoms with Gasteiger partial charge in [-0.25, -0.2) is 0 Å². The Kier molecular flexibility index (Phi) is 10.7. The summed E-state index contributed by atoms with van der Waals surface area (Å²) in [6.45, 7) is 9.25. The largest absolute Gasteiger partial charge is 0.490 e. The second kappa shape index (κ2) is 14.2. The van der Waals surface area contributed by atoms with Gasteiger partial charge in [0, 0.05) is 58.5 Å². The van der Waals surface area contributed by atoms with Gasteiger partial charge in [-0.2, -0.15) is 0 Å². The Morgan fingerprint density at radius 2 is 2.08 bits per heavy atom. The number of carbonyl (C=O) groups excluding carboxylic acids is 1. The van der Waals surface area contributed by atoms with Gasteiger partial charge in [0.2, 0.25) is 5.91 Å². The molecule has 3 aliphatic heterocycles. The second-order valence-corrected chi connectivity index (χ2v) is 10.5. The molecule has 0 unspecified atom stereocenters. The summed E-state index contributed by atoms with van der Waals surface area (Å²) in [5, 5.41) is 6.78. The SMILES string of the molecule is COCCCN1CCOc2ccc(CO[C@@H]3CC[C@@H](C[C@@H](C)C(=O)NCC4CCOCC4)NC3)cc21. The van der Waals surface area contributed by atoms with Crippen molar-refractivity contribution < 1.29 is 23.7 Å². The van der Waals surface area contributed by atoms with Gasteiger partial charge >= 0.3 is 0 Å². The molecule has 2 N–H and O–H groups in total. The minimum atomic E-state index is 0.0179. The van der Waals surface area contributed by atoms with E-state index < -0.39 is 0 Å². The molecular formula is C28H45N3O5. The molecule has 0 bridgehead atoms. The average Bonchev–Trinajstić information content (AvgIpc) is 2.92. The van der Waals surface area contributed by atoms with Crippen LogP contribution in [-0.4, -0.2) is 77.8 Å². The van der Waals surface area contributed by atoms with Crippen LogP contribution < -0.4 is 20.3 Å². The molecule has 0 aromatic heterocycles. The summed E-state index contributed by atoms with van der Waals surface area (Å²) in [4.78, 5) is 15.0. The van der Waals surface area contributed by atoms with E-state index in [0.29, 0.717) is 18.6 Å². The van der Waals surface area contributed by atoms with E-state index in [2.05, 4.69) is 33.7 Å². The zero-order chi connectivity index (χ0) is 25.2. The van der Waals surface area contributed by atoms with Gasteiger partial charge in [-0.1, -0.05) is 13.0 Å². The Morgan fingerprint density at radius 3 is 2.86 bits per heavy atom. The number of rotatable bonds is 12. The molecule has 2 saturated heterocycles. The average molecular weight is 504 g/mol. The van der Waals surface area contributed by atoms with Crippen molar-refractivity contribution in [2.75, 3.05) is 64.6 Å². The van der Waals surface area contributed by atoms with Gasteiger partial charge < -0.3 is 34.5 Å². The first-order valence-corrected chi connectivity index (χ1v) is 13.8. The molecule has 3 atom stereocenters. The molecule has 1 aromatic rings. The maximum Gasteiger partial charge on any atom is 0.222 e. The smallest absolute Gasteiger partial charge is 0.222 e. The van der Waals surface area contributed by atoms with Gasteiger partial charge in [0.15, 0.2) is 0 Å². The van der Waals surface area contributed by atoms with Crippen LogP contribution in [0.3, 0.4) is 0 Å². The number of nitrogens with one attached hydrogen (secondary N) is 2. The first-order valence-electron chi connectivity index (χ1n) is 13.8. The molecule has 0 saturated carbocycles. The van der Waals surface area contributed by atoms with Crippen LogP contribution in [0.4, 0.5) is 5.69 Å². The fraction of sp³-hybridized carbons (Fsp3) is 0.750. The van der Waals surface area contributed by atoms with Crippen LogP contribution in [0.25, 0.3) is 0 Å². The summed E-state index contributed by atoms with van der Waals surface area (Å²) in [6.07, 6.45) is 6.22. The summed E-state index contributed by atoms with van der Waals surface area (Å²) in [5.41, 5.74) is 2.33. The summed E-state index contributed by atoms with van der Waals surface area (Å²) in [7, 11) is 1.75. The summed E-state index contributed by atoms with van der Waals surface area (Å²) in [5.74, 6) is 1.70. The van der Waals surface area contributed by atoms with E-state index in [1.165, 1.54) is 5.56 Å². The Bertz CT molecular complexity index is 808. The van der Waals surface area contributed by atoms with Gasteiger partial charge in [0.05, 0.1) is 24.9 Å². The number of anilines is 1. The van der Waals surface area contributed by atoms with Gasteiger partial charge in [0.1, 0.15) is 12.4 Å². The topological polar surface area (TPSA) is 81.3 Å². The lowest BCUT2D eigenvalue weighted by Crippen LogP contribution is -2.45. The molecule has 8 nitrogen and oxygen atoms in total. The molecule has 0 spiro atoms. The lowest BCUT2D eigenvalue weighted by atomic mass is 9.93. The third-order valence-electron chi connectivity index (χ3n) is 7.71. The third-order valence-corrected chi connectivity index (χ3v) is 7.71. The highest BCUT2D eigenvalue weighted by molar-refractivity contribution is 5.78. The fourth-order valence-corrected chi connectivity index (χ4v) is 5.39. The van der Waals surface area contributed by atoms with E-state index in [4.69, 9.17) is 18.9 Å². The zero-order valence-electron chi connectivity index (χ0n) is 22.1. The van der Waals surface area contributed by atoms with Crippen LogP contribution in [0.2, 0.25) is 0 Å². The molecule has 1 aromatic carbocycles. The van der Waals surface area contributed by atoms with Crippen molar-refractivity contribution in [1.29, 1.82) is 0 Å². The highest BCUT2D eigenvalue weighted by atomic mass is 16.5. The van der Waals surface area contributed by atoms with E-state index in [1.807, 2.05) is 6.92 Å². The van der Waals surface area contributed by atoms with Crippen LogP contribution in [0.1, 0.15) is 51.0 Å². The number of methoxy groups -OCH3 is 1. The van der Waals surface area contributed by atoms with Crippen LogP contribution in [0, 0.1) is 11.8 Å². The minimum Gasteiger partial charge on any atom is -0.490 e. The number of benzene rings is 1. The predicted octanol–water partition coefficient (Wildman–Crippen LogP) is 3.13. The number of carbonyl (C=O) groups is 1. The van der Waals surface area contributed by atoms with Crippen molar-refractivity contribution in [3.63, 3.8) is 0 Å². The van der Waals surface area contributed by atoms with Crippen molar-refractivity contribution in [2.45, 2.75) is 64.2 Å². The second-order valence-electron chi connectivity index (χ2n) is 10.5. The number of amides is 1. The van der Waals surface area contributed by atoms with Gasteiger partial charge in [-0.3, -0.25) is 4.79 Å². The standard InChI is InChI=1S/C28H45N3O5/c1-21(28(32)30-18-22-8-13-34-14-9-22)16-24-5-6-25(19-29-24)36-20-23-4-7-27-26(17-23)31(11-15-35-27)10-3-12-33-2/h4,7,17,21-22,24-25,29H,3,5-6,8-16,18-20H2,1-2H3,(H,30,32)/t21-,24+,25-/m1/s1. The molecular weight excluding hydrogens is 458 g/mol. The zero-order valence-corrected chi connectivity index (χ0v) is 22.1. The fourth-order valence-electron chi connectivity index (χ4n) is 5.39. The summed E-state index contributed by atoms with van der Waals surface area (Å²) in [6, 6.07) is 6.76. The molecule has 8 heteroatoms. The molecule has 3 heterocycles. The lowest BCUT2D eigenvalue weighted by Gasteiger charge is -2.32. The number of hydrogen-bond donors (Lipinski definition) is 2. The molecule has 202 valence electrons. The van der Waals surface area contributed by atoms with Crippen molar-refractivity contribution in [2.24, 2.45) is 11.8 Å². The summed E-state index contributed by atoms with van der Waals surface area (Å²) >= 11 is 0. The van der Waals surface area contributed by atoms with Crippen LogP contribution in [0.15, 0.2) is 18.2 Å². The molecule has 1 amide bonds. The number of fused-ring (bicyclic) bond motifs is 1. The maximum absolute atomic E-state index is 12.6. The normalized spacial score (nSPS) is 23.6. The Labute approximate surface area is 216 Å². The highest BCUT2D eigenvalue weighted by Gasteiger charge is 2.26. The third kappa shape index (κ3) is 8.07. The number of piperidine rings is 1.